The molecule has 0 spiro atoms. The van der Waals surface area contributed by atoms with E-state index >= 15 is 0 Å². The first kappa shape index (κ1) is 12.6. The van der Waals surface area contributed by atoms with Gasteiger partial charge in [0.25, 0.3) is 0 Å². The van der Waals surface area contributed by atoms with Gasteiger partial charge in [-0.1, -0.05) is 18.2 Å². The third-order valence-corrected chi connectivity index (χ3v) is 4.06. The SMILES string of the molecule is CC(c1ccnc2ccccc12)N1CCCNCC1. The highest BCUT2D eigenvalue weighted by atomic mass is 15.2. The van der Waals surface area contributed by atoms with Crippen LogP contribution in [0, 0.1) is 0 Å². The minimum atomic E-state index is 0.452. The highest BCUT2D eigenvalue weighted by Crippen LogP contribution is 2.27. The number of pyridine rings is 1. The Hall–Kier alpha value is -1.45. The lowest BCUT2D eigenvalue weighted by atomic mass is 10.0. The number of nitrogens with zero attached hydrogens (tertiary/aromatic N) is 2. The van der Waals surface area contributed by atoms with E-state index in [1.54, 1.807) is 0 Å². The van der Waals surface area contributed by atoms with Crippen molar-refractivity contribution in [2.24, 2.45) is 0 Å². The molecule has 1 atom stereocenters. The molecule has 1 aliphatic rings. The Labute approximate surface area is 114 Å². The minimum absolute atomic E-state index is 0.452. The second-order valence-corrected chi connectivity index (χ2v) is 5.23. The fourth-order valence-electron chi connectivity index (χ4n) is 2.93. The number of hydrogen-bond donors (Lipinski definition) is 1. The van der Waals surface area contributed by atoms with Crippen molar-refractivity contribution in [1.82, 2.24) is 15.2 Å². The largest absolute Gasteiger partial charge is 0.315 e. The Morgan fingerprint density at radius 1 is 1.16 bits per heavy atom. The zero-order valence-corrected chi connectivity index (χ0v) is 11.5. The second kappa shape index (κ2) is 5.68. The van der Waals surface area contributed by atoms with Gasteiger partial charge in [-0.15, -0.1) is 0 Å². The molecule has 1 aromatic heterocycles. The molecule has 0 radical (unpaired) electrons. The molecule has 1 fully saturated rings. The summed E-state index contributed by atoms with van der Waals surface area (Å²) in [5.74, 6) is 0. The maximum Gasteiger partial charge on any atom is 0.0705 e. The van der Waals surface area contributed by atoms with Gasteiger partial charge in [-0.2, -0.15) is 0 Å². The van der Waals surface area contributed by atoms with E-state index in [-0.39, 0.29) is 0 Å². The lowest BCUT2D eigenvalue weighted by molar-refractivity contribution is 0.226. The maximum absolute atomic E-state index is 4.46. The topological polar surface area (TPSA) is 28.2 Å². The van der Waals surface area contributed by atoms with Gasteiger partial charge in [-0.3, -0.25) is 9.88 Å². The number of para-hydroxylation sites is 1. The van der Waals surface area contributed by atoms with Crippen LogP contribution in [-0.4, -0.2) is 36.1 Å². The summed E-state index contributed by atoms with van der Waals surface area (Å²) in [6, 6.07) is 11.1. The van der Waals surface area contributed by atoms with Gasteiger partial charge in [0.05, 0.1) is 5.52 Å². The molecule has 0 bridgehead atoms. The van der Waals surface area contributed by atoms with Gasteiger partial charge in [0.1, 0.15) is 0 Å². The molecular weight excluding hydrogens is 234 g/mol. The van der Waals surface area contributed by atoms with Crippen LogP contribution in [0.25, 0.3) is 10.9 Å². The molecule has 1 unspecified atom stereocenters. The lowest BCUT2D eigenvalue weighted by Crippen LogP contribution is -2.30. The molecule has 0 saturated carbocycles. The zero-order chi connectivity index (χ0) is 13.1. The molecule has 0 amide bonds. The number of fused-ring (bicyclic) bond motifs is 1. The van der Waals surface area contributed by atoms with Crippen molar-refractivity contribution in [3.8, 4) is 0 Å². The fourth-order valence-corrected chi connectivity index (χ4v) is 2.93. The van der Waals surface area contributed by atoms with Gasteiger partial charge in [-0.05, 0) is 44.1 Å². The van der Waals surface area contributed by atoms with E-state index in [9.17, 15) is 0 Å². The first-order valence-corrected chi connectivity index (χ1v) is 7.14. The maximum atomic E-state index is 4.46. The van der Waals surface area contributed by atoms with Gasteiger partial charge in [-0.25, -0.2) is 0 Å². The molecule has 19 heavy (non-hydrogen) atoms. The summed E-state index contributed by atoms with van der Waals surface area (Å²) in [5.41, 5.74) is 2.49. The predicted octanol–water partition coefficient (Wildman–Crippen LogP) is 2.59. The summed E-state index contributed by atoms with van der Waals surface area (Å²) >= 11 is 0. The second-order valence-electron chi connectivity index (χ2n) is 5.23. The normalized spacial score (nSPS) is 19.2. The smallest absolute Gasteiger partial charge is 0.0705 e. The highest BCUT2D eigenvalue weighted by Gasteiger charge is 2.18. The molecule has 2 heterocycles. The van der Waals surface area contributed by atoms with E-state index in [0.717, 1.165) is 25.2 Å². The monoisotopic (exact) mass is 255 g/mol. The van der Waals surface area contributed by atoms with E-state index < -0.39 is 0 Å². The van der Waals surface area contributed by atoms with E-state index in [0.29, 0.717) is 6.04 Å². The highest BCUT2D eigenvalue weighted by molar-refractivity contribution is 5.82. The fraction of sp³-hybridized carbons (Fsp3) is 0.438. The van der Waals surface area contributed by atoms with Crippen LogP contribution in [0.1, 0.15) is 24.9 Å². The standard InChI is InChI=1S/C16H21N3/c1-13(19-11-4-8-17-10-12-19)14-7-9-18-16-6-3-2-5-15(14)16/h2-3,5-7,9,13,17H,4,8,10-12H2,1H3. The number of aromatic nitrogens is 1. The number of benzene rings is 1. The van der Waals surface area contributed by atoms with Gasteiger partial charge >= 0.3 is 0 Å². The van der Waals surface area contributed by atoms with E-state index in [4.69, 9.17) is 0 Å². The first-order valence-electron chi connectivity index (χ1n) is 7.14. The van der Waals surface area contributed by atoms with Crippen molar-refractivity contribution in [2.75, 3.05) is 26.2 Å². The van der Waals surface area contributed by atoms with Crippen LogP contribution in [-0.2, 0) is 0 Å². The first-order chi connectivity index (χ1) is 9.36. The summed E-state index contributed by atoms with van der Waals surface area (Å²) in [7, 11) is 0. The third kappa shape index (κ3) is 2.62. The summed E-state index contributed by atoms with van der Waals surface area (Å²) < 4.78 is 0. The summed E-state index contributed by atoms with van der Waals surface area (Å²) in [6.45, 7) is 6.84. The molecule has 1 aliphatic heterocycles. The summed E-state index contributed by atoms with van der Waals surface area (Å²) in [5, 5.41) is 4.75. The Morgan fingerprint density at radius 2 is 2.05 bits per heavy atom. The van der Waals surface area contributed by atoms with Crippen molar-refractivity contribution in [1.29, 1.82) is 0 Å². The van der Waals surface area contributed by atoms with Crippen molar-refractivity contribution < 1.29 is 0 Å². The molecule has 1 saturated heterocycles. The number of hydrogen-bond acceptors (Lipinski definition) is 3. The summed E-state index contributed by atoms with van der Waals surface area (Å²) in [6.07, 6.45) is 3.16. The quantitative estimate of drug-likeness (QED) is 0.894. The van der Waals surface area contributed by atoms with Gasteiger partial charge in [0, 0.05) is 30.7 Å². The van der Waals surface area contributed by atoms with Crippen LogP contribution in [0.5, 0.6) is 0 Å². The molecule has 100 valence electrons. The van der Waals surface area contributed by atoms with Crippen LogP contribution in [0.4, 0.5) is 0 Å². The van der Waals surface area contributed by atoms with Crippen molar-refractivity contribution >= 4 is 10.9 Å². The number of rotatable bonds is 2. The Balaban J connectivity index is 1.94. The summed E-state index contributed by atoms with van der Waals surface area (Å²) in [4.78, 5) is 7.03. The van der Waals surface area contributed by atoms with Crippen molar-refractivity contribution in [3.05, 3.63) is 42.1 Å². The Bertz CT molecular complexity index is 539. The van der Waals surface area contributed by atoms with Crippen LogP contribution < -0.4 is 5.32 Å². The van der Waals surface area contributed by atoms with Crippen LogP contribution in [0.3, 0.4) is 0 Å². The Kier molecular flexibility index (Phi) is 3.76. The molecule has 0 aliphatic carbocycles. The molecule has 3 heteroatoms. The number of nitrogens with one attached hydrogen (secondary N) is 1. The van der Waals surface area contributed by atoms with Crippen molar-refractivity contribution in [2.45, 2.75) is 19.4 Å². The van der Waals surface area contributed by atoms with Gasteiger partial charge in [0.2, 0.25) is 0 Å². The average Bonchev–Trinajstić information content (AvgIpc) is 2.75. The van der Waals surface area contributed by atoms with Gasteiger partial charge in [0.15, 0.2) is 0 Å². The molecule has 1 aromatic carbocycles. The van der Waals surface area contributed by atoms with Crippen LogP contribution in [0.15, 0.2) is 36.5 Å². The van der Waals surface area contributed by atoms with Crippen molar-refractivity contribution in [3.63, 3.8) is 0 Å². The van der Waals surface area contributed by atoms with Crippen LogP contribution >= 0.6 is 0 Å². The molecule has 3 rings (SSSR count). The van der Waals surface area contributed by atoms with Crippen LogP contribution in [0.2, 0.25) is 0 Å². The van der Waals surface area contributed by atoms with E-state index in [2.05, 4.69) is 52.5 Å². The lowest BCUT2D eigenvalue weighted by Gasteiger charge is -2.28. The van der Waals surface area contributed by atoms with E-state index in [1.807, 2.05) is 6.20 Å². The predicted molar refractivity (Wildman–Crippen MR) is 79.2 cm³/mol. The van der Waals surface area contributed by atoms with E-state index in [1.165, 1.54) is 23.9 Å². The minimum Gasteiger partial charge on any atom is -0.315 e. The molecular formula is C16H21N3. The zero-order valence-electron chi connectivity index (χ0n) is 11.5. The molecule has 2 aromatic rings. The van der Waals surface area contributed by atoms with Gasteiger partial charge < -0.3 is 5.32 Å². The third-order valence-electron chi connectivity index (χ3n) is 4.06. The molecule has 3 nitrogen and oxygen atoms in total. The molecule has 1 N–H and O–H groups in total. The Morgan fingerprint density at radius 3 is 3.00 bits per heavy atom. The average molecular weight is 255 g/mol.